The smallest absolute Gasteiger partial charge is 0.178 e. The molecule has 1 fully saturated rings. The normalized spacial score (nSPS) is 18.5. The Hall–Kier alpha value is -2.13. The van der Waals surface area contributed by atoms with Gasteiger partial charge in [0.2, 0.25) is 0 Å². The highest BCUT2D eigenvalue weighted by Crippen LogP contribution is 2.35. The molecule has 0 amide bonds. The lowest BCUT2D eigenvalue weighted by atomic mass is 9.97. The molecule has 2 aromatic carbocycles. The first-order valence-corrected chi connectivity index (χ1v) is 8.87. The molecule has 1 saturated heterocycles. The van der Waals surface area contributed by atoms with Crippen molar-refractivity contribution in [3.05, 3.63) is 70.8 Å². The number of aryl methyl sites for hydroxylation is 2. The van der Waals surface area contributed by atoms with Crippen molar-refractivity contribution in [2.45, 2.75) is 31.8 Å². The van der Waals surface area contributed by atoms with Crippen LogP contribution < -0.4 is 0 Å². The molecule has 0 atom stereocenters. The van der Waals surface area contributed by atoms with Crippen molar-refractivity contribution in [2.24, 2.45) is 5.16 Å². The van der Waals surface area contributed by atoms with Crippen molar-refractivity contribution < 1.29 is 4.84 Å². The fraction of sp³-hybridized carbons (Fsp3) is 0.381. The van der Waals surface area contributed by atoms with Gasteiger partial charge in [-0.15, -0.1) is 0 Å². The average molecular weight is 320 g/mol. The molecule has 0 spiro atoms. The van der Waals surface area contributed by atoms with Crippen LogP contribution in [0.4, 0.5) is 0 Å². The zero-order valence-corrected chi connectivity index (χ0v) is 14.2. The molecule has 0 N–H and O–H groups in total. The third kappa shape index (κ3) is 3.09. The second-order valence-electron chi connectivity index (χ2n) is 6.84. The lowest BCUT2D eigenvalue weighted by Gasteiger charge is -2.24. The third-order valence-electron chi connectivity index (χ3n) is 5.19. The molecule has 4 rings (SSSR count). The van der Waals surface area contributed by atoms with Gasteiger partial charge in [-0.1, -0.05) is 53.7 Å². The fourth-order valence-corrected chi connectivity index (χ4v) is 3.68. The van der Waals surface area contributed by atoms with Gasteiger partial charge in [0.1, 0.15) is 0 Å². The summed E-state index contributed by atoms with van der Waals surface area (Å²) in [6.07, 6.45) is 4.05. The number of fused-ring (bicyclic) bond motifs is 2. The largest absolute Gasteiger partial charge is 0.383 e. The summed E-state index contributed by atoms with van der Waals surface area (Å²) in [4.78, 5) is 8.50. The number of piperidine rings is 1. The van der Waals surface area contributed by atoms with E-state index in [1.165, 1.54) is 28.0 Å². The summed E-state index contributed by atoms with van der Waals surface area (Å²) >= 11 is 0. The van der Waals surface area contributed by atoms with Crippen LogP contribution >= 0.6 is 0 Å². The molecule has 1 aliphatic carbocycles. The van der Waals surface area contributed by atoms with Crippen molar-refractivity contribution >= 4 is 5.71 Å². The summed E-state index contributed by atoms with van der Waals surface area (Å²) in [6, 6.07) is 17.3. The van der Waals surface area contributed by atoms with E-state index in [2.05, 4.69) is 65.6 Å². The SMILES string of the molecule is CN1CCC(=NOC2c3ccccc3CCc3ccccc32)CC1. The van der Waals surface area contributed by atoms with Crippen LogP contribution in [0.25, 0.3) is 0 Å². The van der Waals surface area contributed by atoms with Gasteiger partial charge in [-0.25, -0.2) is 0 Å². The number of benzene rings is 2. The quantitative estimate of drug-likeness (QED) is 0.782. The molecule has 0 saturated carbocycles. The van der Waals surface area contributed by atoms with E-state index in [0.29, 0.717) is 0 Å². The second kappa shape index (κ2) is 6.78. The fourth-order valence-electron chi connectivity index (χ4n) is 3.68. The minimum absolute atomic E-state index is 0.0907. The zero-order chi connectivity index (χ0) is 16.4. The van der Waals surface area contributed by atoms with Crippen LogP contribution in [-0.2, 0) is 17.7 Å². The summed E-state index contributed by atoms with van der Waals surface area (Å²) in [6.45, 7) is 2.14. The van der Waals surface area contributed by atoms with Gasteiger partial charge in [-0.2, -0.15) is 0 Å². The highest BCUT2D eigenvalue weighted by Gasteiger charge is 2.25. The Morgan fingerprint density at radius 3 is 1.96 bits per heavy atom. The highest BCUT2D eigenvalue weighted by atomic mass is 16.6. The van der Waals surface area contributed by atoms with Crippen molar-refractivity contribution in [1.29, 1.82) is 0 Å². The first kappa shape index (κ1) is 15.4. The summed E-state index contributed by atoms with van der Waals surface area (Å²) < 4.78 is 0. The van der Waals surface area contributed by atoms with E-state index in [-0.39, 0.29) is 6.10 Å². The molecule has 0 bridgehead atoms. The Balaban J connectivity index is 1.67. The van der Waals surface area contributed by atoms with E-state index < -0.39 is 0 Å². The molecule has 1 aliphatic heterocycles. The maximum atomic E-state index is 6.16. The minimum Gasteiger partial charge on any atom is -0.383 e. The maximum absolute atomic E-state index is 6.16. The van der Waals surface area contributed by atoms with Crippen LogP contribution in [0, 0.1) is 0 Å². The van der Waals surface area contributed by atoms with E-state index in [0.717, 1.165) is 38.8 Å². The predicted octanol–water partition coefficient (Wildman–Crippen LogP) is 3.97. The molecular formula is C21H24N2O. The molecule has 124 valence electrons. The van der Waals surface area contributed by atoms with Gasteiger partial charge in [0.05, 0.1) is 5.71 Å². The standard InChI is InChI=1S/C21H24N2O/c1-23-14-12-18(13-15-23)22-24-21-19-8-4-2-6-16(19)10-11-17-7-3-5-9-20(17)21/h2-9,21H,10-15H2,1H3. The van der Waals surface area contributed by atoms with Crippen LogP contribution in [0.3, 0.4) is 0 Å². The first-order valence-electron chi connectivity index (χ1n) is 8.87. The Morgan fingerprint density at radius 2 is 1.38 bits per heavy atom. The van der Waals surface area contributed by atoms with Gasteiger partial charge >= 0.3 is 0 Å². The van der Waals surface area contributed by atoms with E-state index in [4.69, 9.17) is 4.84 Å². The molecule has 0 unspecified atom stereocenters. The molecule has 24 heavy (non-hydrogen) atoms. The number of rotatable bonds is 2. The number of oxime groups is 1. The molecule has 2 aliphatic rings. The number of likely N-dealkylation sites (tertiary alicyclic amines) is 1. The van der Waals surface area contributed by atoms with Crippen LogP contribution in [0.5, 0.6) is 0 Å². The molecule has 3 heteroatoms. The third-order valence-corrected chi connectivity index (χ3v) is 5.19. The van der Waals surface area contributed by atoms with Gasteiger partial charge in [0, 0.05) is 37.1 Å². The van der Waals surface area contributed by atoms with Crippen LogP contribution in [0.15, 0.2) is 53.7 Å². The Morgan fingerprint density at radius 1 is 0.833 bits per heavy atom. The molecule has 0 aromatic heterocycles. The second-order valence-corrected chi connectivity index (χ2v) is 6.84. The first-order chi connectivity index (χ1) is 11.8. The van der Waals surface area contributed by atoms with E-state index in [1.807, 2.05) is 0 Å². The van der Waals surface area contributed by atoms with Gasteiger partial charge < -0.3 is 9.74 Å². The predicted molar refractivity (Wildman–Crippen MR) is 97.4 cm³/mol. The van der Waals surface area contributed by atoms with E-state index >= 15 is 0 Å². The maximum Gasteiger partial charge on any atom is 0.178 e. The van der Waals surface area contributed by atoms with E-state index in [9.17, 15) is 0 Å². The van der Waals surface area contributed by atoms with Crippen LogP contribution in [0.1, 0.15) is 41.2 Å². The highest BCUT2D eigenvalue weighted by molar-refractivity contribution is 5.84. The van der Waals surface area contributed by atoms with Gasteiger partial charge in [0.15, 0.2) is 6.10 Å². The lowest BCUT2D eigenvalue weighted by molar-refractivity contribution is 0.0849. The van der Waals surface area contributed by atoms with Crippen LogP contribution in [0.2, 0.25) is 0 Å². The van der Waals surface area contributed by atoms with Gasteiger partial charge in [-0.3, -0.25) is 0 Å². The zero-order valence-electron chi connectivity index (χ0n) is 14.2. The summed E-state index contributed by atoms with van der Waals surface area (Å²) in [5.74, 6) is 0. The van der Waals surface area contributed by atoms with Gasteiger partial charge in [0.25, 0.3) is 0 Å². The average Bonchev–Trinajstić information content (AvgIpc) is 2.78. The van der Waals surface area contributed by atoms with Gasteiger partial charge in [-0.05, 0) is 31.0 Å². The van der Waals surface area contributed by atoms with E-state index in [1.54, 1.807) is 0 Å². The number of hydrogen-bond donors (Lipinski definition) is 0. The Kier molecular flexibility index (Phi) is 4.35. The monoisotopic (exact) mass is 320 g/mol. The summed E-state index contributed by atoms with van der Waals surface area (Å²) in [5, 5.41) is 4.57. The van der Waals surface area contributed by atoms with Crippen LogP contribution in [-0.4, -0.2) is 30.7 Å². The summed E-state index contributed by atoms with van der Waals surface area (Å²) in [7, 11) is 2.16. The number of nitrogens with zero attached hydrogens (tertiary/aromatic N) is 2. The van der Waals surface area contributed by atoms with Crippen molar-refractivity contribution in [3.8, 4) is 0 Å². The number of hydrogen-bond acceptors (Lipinski definition) is 3. The topological polar surface area (TPSA) is 24.8 Å². The van der Waals surface area contributed by atoms with Crippen molar-refractivity contribution in [1.82, 2.24) is 4.90 Å². The Bertz CT molecular complexity index is 696. The Labute approximate surface area is 143 Å². The molecule has 0 radical (unpaired) electrons. The lowest BCUT2D eigenvalue weighted by Crippen LogP contribution is -2.30. The van der Waals surface area contributed by atoms with Crippen molar-refractivity contribution in [3.63, 3.8) is 0 Å². The summed E-state index contributed by atoms with van der Waals surface area (Å²) in [5.41, 5.74) is 6.47. The molecule has 2 aromatic rings. The molecule has 1 heterocycles. The minimum atomic E-state index is -0.0907. The van der Waals surface area contributed by atoms with Crippen molar-refractivity contribution in [2.75, 3.05) is 20.1 Å². The molecule has 3 nitrogen and oxygen atoms in total. The molecular weight excluding hydrogens is 296 g/mol.